The van der Waals surface area contributed by atoms with Crippen LogP contribution in [0.25, 0.3) is 33.9 Å². The van der Waals surface area contributed by atoms with Gasteiger partial charge in [-0.3, -0.25) is 0 Å². The van der Waals surface area contributed by atoms with Crippen LogP contribution in [0.5, 0.6) is 23.0 Å². The highest BCUT2D eigenvalue weighted by atomic mass is 35.5. The second kappa shape index (κ2) is 11.1. The Labute approximate surface area is 236 Å². The normalized spacial score (nSPS) is 10.8. The van der Waals surface area contributed by atoms with Crippen LogP contribution in [0.15, 0.2) is 127 Å². The average Bonchev–Trinajstić information content (AvgIpc) is 3.42. The van der Waals surface area contributed by atoms with E-state index in [0.29, 0.717) is 15.9 Å². The Morgan fingerprint density at radius 2 is 0.974 bits per heavy atom. The Balaban J connectivity index is 1.35. The van der Waals surface area contributed by atoms with E-state index < -0.39 is 0 Å². The molecule has 0 atom stereocenters. The fraction of sp³-hybridized carbons (Fsp3) is 0. The molecule has 1 N–H and O–H groups in total. The van der Waals surface area contributed by atoms with Crippen molar-refractivity contribution in [3.63, 3.8) is 0 Å². The van der Waals surface area contributed by atoms with Crippen molar-refractivity contribution < 1.29 is 9.47 Å². The third-order valence-electron chi connectivity index (χ3n) is 6.13. The van der Waals surface area contributed by atoms with Gasteiger partial charge < -0.3 is 14.5 Å². The number of rotatable bonds is 7. The number of aromatic amines is 1. The molecule has 0 spiro atoms. The summed E-state index contributed by atoms with van der Waals surface area (Å²) in [6.07, 6.45) is 0. The zero-order valence-corrected chi connectivity index (χ0v) is 22.2. The number of nitrogens with zero attached hydrogens (tertiary/aromatic N) is 1. The number of imidazole rings is 1. The molecule has 0 saturated heterocycles. The minimum absolute atomic E-state index is 0.471. The van der Waals surface area contributed by atoms with E-state index in [1.165, 1.54) is 0 Å². The van der Waals surface area contributed by atoms with Crippen LogP contribution in [0, 0.1) is 0 Å². The molecular weight excluding hydrogens is 527 g/mol. The Kier molecular flexibility index (Phi) is 7.05. The van der Waals surface area contributed by atoms with Gasteiger partial charge in [-0.15, -0.1) is 0 Å². The molecule has 0 aliphatic carbocycles. The molecule has 0 saturated carbocycles. The van der Waals surface area contributed by atoms with E-state index >= 15 is 0 Å². The van der Waals surface area contributed by atoms with Gasteiger partial charge in [0.1, 0.15) is 28.8 Å². The Bertz CT molecular complexity index is 1600. The van der Waals surface area contributed by atoms with Crippen LogP contribution in [0.3, 0.4) is 0 Å². The molecule has 0 aliphatic rings. The van der Waals surface area contributed by atoms with Gasteiger partial charge in [0.2, 0.25) is 0 Å². The molecule has 190 valence electrons. The lowest BCUT2D eigenvalue weighted by Gasteiger charge is -2.08. The van der Waals surface area contributed by atoms with Gasteiger partial charge in [-0.2, -0.15) is 0 Å². The number of nitrogens with one attached hydrogen (secondary N) is 1. The minimum atomic E-state index is 0.471. The summed E-state index contributed by atoms with van der Waals surface area (Å²) in [4.78, 5) is 8.47. The number of hydrogen-bond acceptors (Lipinski definition) is 3. The maximum absolute atomic E-state index is 6.31. The zero-order chi connectivity index (χ0) is 26.6. The first kappa shape index (κ1) is 24.8. The van der Waals surface area contributed by atoms with Gasteiger partial charge in [0.15, 0.2) is 0 Å². The monoisotopic (exact) mass is 548 g/mol. The second-order valence-electron chi connectivity index (χ2n) is 8.82. The summed E-state index contributed by atoms with van der Waals surface area (Å²) in [7, 11) is 0. The number of para-hydroxylation sites is 2. The Morgan fingerprint density at radius 3 is 1.51 bits per heavy atom. The van der Waals surface area contributed by atoms with Gasteiger partial charge in [-0.1, -0.05) is 59.6 Å². The van der Waals surface area contributed by atoms with E-state index in [1.54, 1.807) is 6.07 Å². The summed E-state index contributed by atoms with van der Waals surface area (Å²) < 4.78 is 12.0. The molecule has 0 amide bonds. The van der Waals surface area contributed by atoms with Crippen molar-refractivity contribution in [2.45, 2.75) is 0 Å². The van der Waals surface area contributed by atoms with E-state index in [0.717, 1.165) is 51.1 Å². The predicted molar refractivity (Wildman–Crippen MR) is 158 cm³/mol. The van der Waals surface area contributed by atoms with Gasteiger partial charge in [-0.05, 0) is 91.0 Å². The van der Waals surface area contributed by atoms with Gasteiger partial charge in [0.05, 0.1) is 21.4 Å². The molecule has 6 aromatic rings. The molecule has 1 heterocycles. The van der Waals surface area contributed by atoms with Gasteiger partial charge >= 0.3 is 0 Å². The standard InChI is InChI=1S/C33H22Cl2N2O2/c34-29-20-15-24(21-30(29)35)33-36-31(22-11-16-27(17-12-22)38-25-7-3-1-4-8-25)32(37-33)23-13-18-28(19-14-23)39-26-9-5-2-6-10-26/h1-21H,(H,36,37). The van der Waals surface area contributed by atoms with Crippen LogP contribution in [0.1, 0.15) is 0 Å². The molecule has 6 rings (SSSR count). The van der Waals surface area contributed by atoms with Crippen molar-refractivity contribution in [2.24, 2.45) is 0 Å². The van der Waals surface area contributed by atoms with Crippen LogP contribution in [0.2, 0.25) is 10.0 Å². The highest BCUT2D eigenvalue weighted by molar-refractivity contribution is 6.42. The molecule has 0 unspecified atom stereocenters. The smallest absolute Gasteiger partial charge is 0.138 e. The Hall–Kier alpha value is -4.51. The second-order valence-corrected chi connectivity index (χ2v) is 9.63. The first-order valence-electron chi connectivity index (χ1n) is 12.3. The summed E-state index contributed by atoms with van der Waals surface area (Å²) in [5.41, 5.74) is 4.43. The summed E-state index contributed by atoms with van der Waals surface area (Å²) in [6.45, 7) is 0. The SMILES string of the molecule is Clc1ccc(-c2nc(-c3ccc(Oc4ccccc4)cc3)c(-c3ccc(Oc4ccccc4)cc3)[nH]2)cc1Cl. The summed E-state index contributed by atoms with van der Waals surface area (Å²) in [5.74, 6) is 3.75. The van der Waals surface area contributed by atoms with Crippen molar-refractivity contribution in [3.05, 3.63) is 137 Å². The lowest BCUT2D eigenvalue weighted by atomic mass is 10.0. The van der Waals surface area contributed by atoms with E-state index in [4.69, 9.17) is 37.7 Å². The number of benzene rings is 5. The molecule has 39 heavy (non-hydrogen) atoms. The fourth-order valence-corrected chi connectivity index (χ4v) is 4.49. The summed E-state index contributed by atoms with van der Waals surface area (Å²) >= 11 is 12.5. The topological polar surface area (TPSA) is 47.1 Å². The minimum Gasteiger partial charge on any atom is -0.457 e. The van der Waals surface area contributed by atoms with Gasteiger partial charge in [0, 0.05) is 16.7 Å². The Morgan fingerprint density at radius 1 is 0.487 bits per heavy atom. The van der Waals surface area contributed by atoms with Gasteiger partial charge in [0.25, 0.3) is 0 Å². The molecule has 0 aliphatic heterocycles. The van der Waals surface area contributed by atoms with Crippen molar-refractivity contribution in [1.82, 2.24) is 9.97 Å². The maximum Gasteiger partial charge on any atom is 0.138 e. The lowest BCUT2D eigenvalue weighted by molar-refractivity contribution is 0.482. The highest BCUT2D eigenvalue weighted by Crippen LogP contribution is 2.36. The maximum atomic E-state index is 6.31. The first-order valence-corrected chi connectivity index (χ1v) is 13.1. The molecule has 5 aromatic carbocycles. The largest absolute Gasteiger partial charge is 0.457 e. The lowest BCUT2D eigenvalue weighted by Crippen LogP contribution is -1.87. The molecular formula is C33H22Cl2N2O2. The zero-order valence-electron chi connectivity index (χ0n) is 20.6. The fourth-order valence-electron chi connectivity index (χ4n) is 4.19. The first-order chi connectivity index (χ1) is 19.1. The number of aromatic nitrogens is 2. The number of hydrogen-bond donors (Lipinski definition) is 1. The van der Waals surface area contributed by atoms with Crippen LogP contribution in [-0.2, 0) is 0 Å². The van der Waals surface area contributed by atoms with E-state index in [9.17, 15) is 0 Å². The van der Waals surface area contributed by atoms with Crippen molar-refractivity contribution in [3.8, 4) is 56.9 Å². The highest BCUT2D eigenvalue weighted by Gasteiger charge is 2.17. The third kappa shape index (κ3) is 5.68. The molecule has 4 nitrogen and oxygen atoms in total. The van der Waals surface area contributed by atoms with Crippen molar-refractivity contribution in [1.29, 1.82) is 0 Å². The van der Waals surface area contributed by atoms with E-state index in [-0.39, 0.29) is 0 Å². The van der Waals surface area contributed by atoms with Crippen LogP contribution < -0.4 is 9.47 Å². The number of H-pyrrole nitrogens is 1. The number of ether oxygens (including phenoxy) is 2. The van der Waals surface area contributed by atoms with E-state index in [2.05, 4.69) is 4.98 Å². The molecule has 0 radical (unpaired) electrons. The summed E-state index contributed by atoms with van der Waals surface area (Å²) in [6, 6.07) is 40.7. The molecule has 1 aromatic heterocycles. The van der Waals surface area contributed by atoms with Crippen LogP contribution in [-0.4, -0.2) is 9.97 Å². The van der Waals surface area contributed by atoms with Crippen molar-refractivity contribution >= 4 is 23.2 Å². The number of halogens is 2. The quantitative estimate of drug-likeness (QED) is 0.216. The molecule has 0 bridgehead atoms. The predicted octanol–water partition coefficient (Wildman–Crippen LogP) is 10.3. The van der Waals surface area contributed by atoms with E-state index in [1.807, 2.05) is 121 Å². The van der Waals surface area contributed by atoms with Crippen LogP contribution >= 0.6 is 23.2 Å². The van der Waals surface area contributed by atoms with Crippen LogP contribution in [0.4, 0.5) is 0 Å². The van der Waals surface area contributed by atoms with Crippen molar-refractivity contribution in [2.75, 3.05) is 0 Å². The summed E-state index contributed by atoms with van der Waals surface area (Å²) in [5, 5.41) is 0.967. The molecule has 6 heteroatoms. The third-order valence-corrected chi connectivity index (χ3v) is 6.86. The average molecular weight is 549 g/mol. The van der Waals surface area contributed by atoms with Gasteiger partial charge in [-0.25, -0.2) is 4.98 Å². The molecule has 0 fully saturated rings.